The van der Waals surface area contributed by atoms with E-state index >= 15 is 0 Å². The van der Waals surface area contributed by atoms with Crippen LogP contribution in [0.25, 0.3) is 0 Å². The third kappa shape index (κ3) is 4.27. The largest absolute Gasteiger partial charge is 0.326 e. The molecular weight excluding hydrogens is 301 g/mol. The van der Waals surface area contributed by atoms with Crippen molar-refractivity contribution < 1.29 is 9.18 Å². The van der Waals surface area contributed by atoms with Crippen molar-refractivity contribution in [3.8, 4) is 0 Å². The van der Waals surface area contributed by atoms with Crippen LogP contribution in [-0.4, -0.2) is 22.1 Å². The lowest BCUT2D eigenvalue weighted by Crippen LogP contribution is -2.13. The number of rotatable bonds is 5. The van der Waals surface area contributed by atoms with E-state index in [2.05, 4.69) is 15.3 Å². The van der Waals surface area contributed by atoms with Gasteiger partial charge in [-0.15, -0.1) is 0 Å². The predicted molar refractivity (Wildman–Crippen MR) is 86.6 cm³/mol. The minimum Gasteiger partial charge on any atom is -0.326 e. The molecule has 0 aliphatic rings. The van der Waals surface area contributed by atoms with Crippen LogP contribution in [-0.2, 0) is 11.2 Å². The number of nitrogens with one attached hydrogen (secondary N) is 1. The van der Waals surface area contributed by atoms with E-state index in [1.807, 2.05) is 20.1 Å². The first-order valence-electron chi connectivity index (χ1n) is 6.93. The molecule has 2 aromatic rings. The molecule has 0 aliphatic heterocycles. The molecule has 0 atom stereocenters. The Bertz CT molecular complexity index is 668. The van der Waals surface area contributed by atoms with Crippen molar-refractivity contribution in [2.75, 3.05) is 11.6 Å². The second kappa shape index (κ2) is 7.35. The molecule has 1 heterocycles. The average Bonchev–Trinajstić information content (AvgIpc) is 2.46. The maximum absolute atomic E-state index is 13.1. The van der Waals surface area contributed by atoms with E-state index in [0.29, 0.717) is 18.5 Å². The monoisotopic (exact) mass is 319 g/mol. The molecule has 0 spiro atoms. The number of carbonyl (C=O) groups excluding carboxylic acids is 1. The second-order valence-corrected chi connectivity index (χ2v) is 5.69. The highest BCUT2D eigenvalue weighted by Gasteiger charge is 2.11. The van der Waals surface area contributed by atoms with Gasteiger partial charge in [0.05, 0.1) is 0 Å². The number of carbonyl (C=O) groups is 1. The smallest absolute Gasteiger partial charge is 0.224 e. The van der Waals surface area contributed by atoms with E-state index in [1.54, 1.807) is 12.1 Å². The normalized spacial score (nSPS) is 10.5. The highest BCUT2D eigenvalue weighted by Crippen LogP contribution is 2.17. The van der Waals surface area contributed by atoms with Gasteiger partial charge in [-0.25, -0.2) is 14.4 Å². The van der Waals surface area contributed by atoms with Gasteiger partial charge in [0.15, 0.2) is 5.16 Å². The van der Waals surface area contributed by atoms with Gasteiger partial charge in [0.2, 0.25) is 5.91 Å². The Morgan fingerprint density at radius 3 is 2.55 bits per heavy atom. The summed E-state index contributed by atoms with van der Waals surface area (Å²) < 4.78 is 13.1. The Morgan fingerprint density at radius 2 is 1.95 bits per heavy atom. The first kappa shape index (κ1) is 16.4. The number of aromatic nitrogens is 2. The average molecular weight is 319 g/mol. The van der Waals surface area contributed by atoms with Gasteiger partial charge in [-0.05, 0) is 50.3 Å². The molecule has 0 bridgehead atoms. The second-order valence-electron chi connectivity index (χ2n) is 4.92. The van der Waals surface area contributed by atoms with Crippen LogP contribution in [0.3, 0.4) is 0 Å². The zero-order chi connectivity index (χ0) is 16.1. The van der Waals surface area contributed by atoms with Crippen LogP contribution in [0.1, 0.15) is 23.4 Å². The van der Waals surface area contributed by atoms with E-state index < -0.39 is 0 Å². The van der Waals surface area contributed by atoms with E-state index in [9.17, 15) is 9.18 Å². The number of thioether (sulfide) groups is 1. The molecule has 116 valence electrons. The zero-order valence-corrected chi connectivity index (χ0v) is 13.6. The molecule has 0 fully saturated rings. The summed E-state index contributed by atoms with van der Waals surface area (Å²) in [5, 5.41) is 3.43. The van der Waals surface area contributed by atoms with E-state index in [1.165, 1.54) is 23.9 Å². The van der Waals surface area contributed by atoms with Gasteiger partial charge < -0.3 is 5.32 Å². The minimum atomic E-state index is -0.370. The predicted octanol–water partition coefficient (Wildman–Crippen LogP) is 3.53. The van der Waals surface area contributed by atoms with Crippen LogP contribution in [0.15, 0.2) is 29.4 Å². The maximum atomic E-state index is 13.1. The molecule has 1 aromatic heterocycles. The Balaban J connectivity index is 1.99. The van der Waals surface area contributed by atoms with E-state index in [-0.39, 0.29) is 11.7 Å². The Kier molecular flexibility index (Phi) is 5.49. The van der Waals surface area contributed by atoms with Gasteiger partial charge in [-0.1, -0.05) is 17.8 Å². The molecule has 0 aliphatic carbocycles. The summed E-state index contributed by atoms with van der Waals surface area (Å²) in [6.07, 6.45) is 2.80. The van der Waals surface area contributed by atoms with Gasteiger partial charge in [-0.2, -0.15) is 0 Å². The quantitative estimate of drug-likeness (QED) is 0.677. The summed E-state index contributed by atoms with van der Waals surface area (Å²) in [7, 11) is 0. The standard InChI is InChI=1S/C16H18FN3OS/c1-10-14(11(2)19-16(18-10)22-3)7-8-15(21)20-13-6-4-5-12(17)9-13/h4-6,9H,7-8H2,1-3H3,(H,20,21). The lowest BCUT2D eigenvalue weighted by molar-refractivity contribution is -0.116. The maximum Gasteiger partial charge on any atom is 0.224 e. The number of amides is 1. The topological polar surface area (TPSA) is 54.9 Å². The molecule has 1 aromatic carbocycles. The lowest BCUT2D eigenvalue weighted by Gasteiger charge is -2.10. The SMILES string of the molecule is CSc1nc(C)c(CCC(=O)Nc2cccc(F)c2)c(C)n1. The summed E-state index contributed by atoms with van der Waals surface area (Å²) in [5.41, 5.74) is 3.26. The number of hydrogen-bond donors (Lipinski definition) is 1. The molecule has 6 heteroatoms. The molecule has 0 unspecified atom stereocenters. The zero-order valence-electron chi connectivity index (χ0n) is 12.8. The van der Waals surface area contributed by atoms with Crippen LogP contribution in [0, 0.1) is 19.7 Å². The van der Waals surface area contributed by atoms with Gasteiger partial charge in [0.25, 0.3) is 0 Å². The van der Waals surface area contributed by atoms with Crippen molar-refractivity contribution in [2.45, 2.75) is 31.8 Å². The molecule has 1 N–H and O–H groups in total. The van der Waals surface area contributed by atoms with Gasteiger partial charge >= 0.3 is 0 Å². The Labute approximate surface area is 133 Å². The van der Waals surface area contributed by atoms with Gasteiger partial charge in [0, 0.05) is 23.5 Å². The van der Waals surface area contributed by atoms with Crippen molar-refractivity contribution in [3.05, 3.63) is 47.0 Å². The molecule has 2 rings (SSSR count). The molecule has 1 amide bonds. The van der Waals surface area contributed by atoms with Crippen molar-refractivity contribution in [1.82, 2.24) is 9.97 Å². The third-order valence-corrected chi connectivity index (χ3v) is 3.84. The summed E-state index contributed by atoms with van der Waals surface area (Å²) in [5.74, 6) is -0.524. The van der Waals surface area contributed by atoms with Crippen LogP contribution in [0.5, 0.6) is 0 Å². The van der Waals surface area contributed by atoms with E-state index in [0.717, 1.165) is 22.1 Å². The van der Waals surface area contributed by atoms with Crippen molar-refractivity contribution in [3.63, 3.8) is 0 Å². The summed E-state index contributed by atoms with van der Waals surface area (Å²) in [6.45, 7) is 3.85. The van der Waals surface area contributed by atoms with E-state index in [4.69, 9.17) is 0 Å². The number of aryl methyl sites for hydroxylation is 2. The molecule has 4 nitrogen and oxygen atoms in total. The number of benzene rings is 1. The minimum absolute atomic E-state index is 0.154. The van der Waals surface area contributed by atoms with Crippen LogP contribution >= 0.6 is 11.8 Å². The lowest BCUT2D eigenvalue weighted by atomic mass is 10.1. The van der Waals surface area contributed by atoms with Crippen molar-refractivity contribution in [2.24, 2.45) is 0 Å². The van der Waals surface area contributed by atoms with Crippen LogP contribution in [0.4, 0.5) is 10.1 Å². The summed E-state index contributed by atoms with van der Waals surface area (Å²) >= 11 is 1.50. The Morgan fingerprint density at radius 1 is 1.27 bits per heavy atom. The first-order valence-corrected chi connectivity index (χ1v) is 8.15. The fourth-order valence-corrected chi connectivity index (χ4v) is 2.65. The fourth-order valence-electron chi connectivity index (χ4n) is 2.19. The highest BCUT2D eigenvalue weighted by atomic mass is 32.2. The number of nitrogens with zero attached hydrogens (tertiary/aromatic N) is 2. The molecule has 0 radical (unpaired) electrons. The highest BCUT2D eigenvalue weighted by molar-refractivity contribution is 7.98. The molecule has 0 saturated heterocycles. The fraction of sp³-hybridized carbons (Fsp3) is 0.312. The van der Waals surface area contributed by atoms with Crippen molar-refractivity contribution in [1.29, 1.82) is 0 Å². The summed E-state index contributed by atoms with van der Waals surface area (Å²) in [4.78, 5) is 20.8. The number of hydrogen-bond acceptors (Lipinski definition) is 4. The van der Waals surface area contributed by atoms with Gasteiger partial charge in [-0.3, -0.25) is 4.79 Å². The number of anilines is 1. The first-order chi connectivity index (χ1) is 10.5. The van der Waals surface area contributed by atoms with Crippen molar-refractivity contribution >= 4 is 23.4 Å². The molecular formula is C16H18FN3OS. The van der Waals surface area contributed by atoms with Gasteiger partial charge in [0.1, 0.15) is 5.82 Å². The summed E-state index contributed by atoms with van der Waals surface area (Å²) in [6, 6.07) is 5.86. The Hall–Kier alpha value is -1.95. The number of halogens is 1. The van der Waals surface area contributed by atoms with Crippen LogP contribution in [0.2, 0.25) is 0 Å². The molecule has 0 saturated carbocycles. The van der Waals surface area contributed by atoms with Crippen LogP contribution < -0.4 is 5.32 Å². The molecule has 22 heavy (non-hydrogen) atoms. The third-order valence-electron chi connectivity index (χ3n) is 3.29.